The lowest BCUT2D eigenvalue weighted by Crippen LogP contribution is -2.04. The van der Waals surface area contributed by atoms with Gasteiger partial charge < -0.3 is 9.47 Å². The summed E-state index contributed by atoms with van der Waals surface area (Å²) in [5, 5.41) is 2.05. The van der Waals surface area contributed by atoms with E-state index < -0.39 is 0 Å². The van der Waals surface area contributed by atoms with Crippen LogP contribution in [0.25, 0.3) is 21.8 Å². The lowest BCUT2D eigenvalue weighted by atomic mass is 10.0. The summed E-state index contributed by atoms with van der Waals surface area (Å²) in [6, 6.07) is 8.41. The minimum atomic E-state index is 0.312. The van der Waals surface area contributed by atoms with E-state index >= 15 is 0 Å². The summed E-state index contributed by atoms with van der Waals surface area (Å²) in [6.45, 7) is 14.5. The molecular weight excluding hydrogens is 372 g/mol. The predicted octanol–water partition coefficient (Wildman–Crippen LogP) is 7.39. The Hall–Kier alpha value is -2.36. The van der Waals surface area contributed by atoms with Crippen LogP contribution in [0, 0.1) is 0 Å². The molecule has 0 amide bonds. The summed E-state index contributed by atoms with van der Waals surface area (Å²) in [4.78, 5) is 10.1. The molecule has 2 heterocycles. The number of rotatable bonds is 10. The fourth-order valence-corrected chi connectivity index (χ4v) is 3.43. The maximum atomic E-state index is 6.19. The van der Waals surface area contributed by atoms with Crippen molar-refractivity contribution in [1.29, 1.82) is 0 Å². The molecule has 0 aliphatic carbocycles. The highest BCUT2D eigenvalue weighted by Gasteiger charge is 2.17. The number of hydrogen-bond donors (Lipinski definition) is 0. The minimum absolute atomic E-state index is 0.312. The number of nitrogens with zero attached hydrogens (tertiary/aromatic N) is 2. The minimum Gasteiger partial charge on any atom is -0.493 e. The lowest BCUT2D eigenvalue weighted by Gasteiger charge is -2.17. The van der Waals surface area contributed by atoms with Gasteiger partial charge in [0.05, 0.1) is 13.2 Å². The molecule has 4 nitrogen and oxygen atoms in total. The van der Waals surface area contributed by atoms with Gasteiger partial charge in [-0.3, -0.25) is 0 Å². The zero-order valence-electron chi connectivity index (χ0n) is 19.4. The zero-order valence-corrected chi connectivity index (χ0v) is 19.4. The molecule has 0 aliphatic heterocycles. The van der Waals surface area contributed by atoms with Crippen LogP contribution in [0.4, 0.5) is 0 Å². The second-order valence-electron chi connectivity index (χ2n) is 8.66. The Balaban J connectivity index is 2.24. The van der Waals surface area contributed by atoms with E-state index in [2.05, 4.69) is 65.8 Å². The van der Waals surface area contributed by atoms with Gasteiger partial charge in [0.1, 0.15) is 22.5 Å². The number of aromatic nitrogens is 2. The first kappa shape index (κ1) is 22.3. The second-order valence-corrected chi connectivity index (χ2v) is 8.66. The van der Waals surface area contributed by atoms with Gasteiger partial charge in [-0.25, -0.2) is 9.97 Å². The van der Waals surface area contributed by atoms with E-state index in [0.29, 0.717) is 11.8 Å². The summed E-state index contributed by atoms with van der Waals surface area (Å²) >= 11 is 0. The van der Waals surface area contributed by atoms with Crippen LogP contribution in [0.2, 0.25) is 0 Å². The van der Waals surface area contributed by atoms with Gasteiger partial charge in [-0.1, -0.05) is 54.4 Å². The van der Waals surface area contributed by atoms with Gasteiger partial charge in [0.2, 0.25) is 0 Å². The Morgan fingerprint density at radius 1 is 0.700 bits per heavy atom. The molecule has 0 unspecified atom stereocenters. The SMILES string of the molecule is CCCCOc1cc(C(C)C)nc2c1ccc1c(OCCCC)cc(C(C)C)nc12. The normalized spacial score (nSPS) is 11.7. The molecule has 0 fully saturated rings. The standard InChI is InChI=1S/C26H36N2O2/c1-7-9-13-29-23-15-21(17(3)4)27-25-19(23)11-12-20-24(30-14-10-8-2)16-22(18(5)6)28-26(20)25/h11-12,15-18H,7-10,13-14H2,1-6H3. The highest BCUT2D eigenvalue weighted by Crippen LogP contribution is 2.37. The second kappa shape index (κ2) is 10.1. The zero-order chi connectivity index (χ0) is 21.7. The average molecular weight is 409 g/mol. The van der Waals surface area contributed by atoms with Crippen LogP contribution < -0.4 is 9.47 Å². The highest BCUT2D eigenvalue weighted by atomic mass is 16.5. The van der Waals surface area contributed by atoms with Gasteiger partial charge >= 0.3 is 0 Å². The molecule has 30 heavy (non-hydrogen) atoms. The van der Waals surface area contributed by atoms with E-state index in [-0.39, 0.29) is 0 Å². The molecular formula is C26H36N2O2. The van der Waals surface area contributed by atoms with E-state index in [9.17, 15) is 0 Å². The predicted molar refractivity (Wildman–Crippen MR) is 126 cm³/mol. The van der Waals surface area contributed by atoms with Crippen molar-refractivity contribution >= 4 is 21.8 Å². The van der Waals surface area contributed by atoms with Crippen molar-refractivity contribution in [1.82, 2.24) is 9.97 Å². The smallest absolute Gasteiger partial charge is 0.130 e. The Morgan fingerprint density at radius 3 is 1.43 bits per heavy atom. The first-order valence-corrected chi connectivity index (χ1v) is 11.5. The van der Waals surface area contributed by atoms with Crippen LogP contribution in [0.15, 0.2) is 24.3 Å². The van der Waals surface area contributed by atoms with Crippen LogP contribution in [-0.2, 0) is 0 Å². The molecule has 0 atom stereocenters. The molecule has 2 aromatic heterocycles. The number of unbranched alkanes of at least 4 members (excludes halogenated alkanes) is 2. The average Bonchev–Trinajstić information content (AvgIpc) is 2.73. The van der Waals surface area contributed by atoms with E-state index in [1.54, 1.807) is 0 Å². The van der Waals surface area contributed by atoms with Crippen molar-refractivity contribution in [2.24, 2.45) is 0 Å². The number of pyridine rings is 2. The van der Waals surface area contributed by atoms with Gasteiger partial charge in [-0.2, -0.15) is 0 Å². The van der Waals surface area contributed by atoms with Crippen LogP contribution in [0.1, 0.15) is 90.4 Å². The van der Waals surface area contributed by atoms with Gasteiger partial charge in [0.15, 0.2) is 0 Å². The number of hydrogen-bond acceptors (Lipinski definition) is 4. The molecule has 162 valence electrons. The van der Waals surface area contributed by atoms with Crippen LogP contribution in [-0.4, -0.2) is 23.2 Å². The summed E-state index contributed by atoms with van der Waals surface area (Å²) in [5.41, 5.74) is 3.89. The highest BCUT2D eigenvalue weighted by molar-refractivity contribution is 6.07. The third-order valence-electron chi connectivity index (χ3n) is 5.42. The fourth-order valence-electron chi connectivity index (χ4n) is 3.43. The molecule has 4 heteroatoms. The van der Waals surface area contributed by atoms with Crippen molar-refractivity contribution < 1.29 is 9.47 Å². The van der Waals surface area contributed by atoms with E-state index in [1.807, 2.05) is 0 Å². The van der Waals surface area contributed by atoms with Gasteiger partial charge in [-0.05, 0) is 36.8 Å². The van der Waals surface area contributed by atoms with E-state index in [1.165, 1.54) is 0 Å². The monoisotopic (exact) mass is 408 g/mol. The fraction of sp³-hybridized carbons (Fsp3) is 0.538. The van der Waals surface area contributed by atoms with Crippen molar-refractivity contribution in [2.45, 2.75) is 79.1 Å². The van der Waals surface area contributed by atoms with Gasteiger partial charge in [0.25, 0.3) is 0 Å². The third-order valence-corrected chi connectivity index (χ3v) is 5.42. The molecule has 0 aliphatic rings. The Bertz CT molecular complexity index is 915. The molecule has 0 saturated heterocycles. The first-order valence-electron chi connectivity index (χ1n) is 11.5. The van der Waals surface area contributed by atoms with E-state index in [4.69, 9.17) is 19.4 Å². The maximum Gasteiger partial charge on any atom is 0.130 e. The van der Waals surface area contributed by atoms with Crippen molar-refractivity contribution in [3.05, 3.63) is 35.7 Å². The molecule has 0 saturated carbocycles. The third kappa shape index (κ3) is 4.85. The number of fused-ring (bicyclic) bond motifs is 3. The molecule has 0 bridgehead atoms. The molecule has 0 N–H and O–H groups in total. The van der Waals surface area contributed by atoms with Gasteiger partial charge in [-0.15, -0.1) is 0 Å². The van der Waals surface area contributed by atoms with Crippen molar-refractivity contribution in [3.8, 4) is 11.5 Å². The summed E-state index contributed by atoms with van der Waals surface area (Å²) in [5.74, 6) is 2.44. The Kier molecular flexibility index (Phi) is 7.52. The molecule has 3 rings (SSSR count). The first-order chi connectivity index (χ1) is 14.5. The molecule has 1 aromatic carbocycles. The van der Waals surface area contributed by atoms with Crippen LogP contribution in [0.5, 0.6) is 11.5 Å². The van der Waals surface area contributed by atoms with E-state index in [0.717, 1.165) is 83.6 Å². The quantitative estimate of drug-likeness (QED) is 0.259. The van der Waals surface area contributed by atoms with Crippen LogP contribution >= 0.6 is 0 Å². The number of benzene rings is 1. The largest absolute Gasteiger partial charge is 0.493 e. The molecule has 0 radical (unpaired) electrons. The van der Waals surface area contributed by atoms with Crippen LogP contribution in [0.3, 0.4) is 0 Å². The summed E-state index contributed by atoms with van der Waals surface area (Å²) < 4.78 is 12.4. The lowest BCUT2D eigenvalue weighted by molar-refractivity contribution is 0.311. The summed E-state index contributed by atoms with van der Waals surface area (Å²) in [6.07, 6.45) is 4.31. The van der Waals surface area contributed by atoms with Crippen molar-refractivity contribution in [3.63, 3.8) is 0 Å². The summed E-state index contributed by atoms with van der Waals surface area (Å²) in [7, 11) is 0. The van der Waals surface area contributed by atoms with Gasteiger partial charge in [0, 0.05) is 34.3 Å². The Morgan fingerprint density at radius 2 is 1.10 bits per heavy atom. The molecule has 0 spiro atoms. The maximum absolute atomic E-state index is 6.19. The Labute approximate surface area is 181 Å². The topological polar surface area (TPSA) is 44.2 Å². The molecule has 3 aromatic rings. The van der Waals surface area contributed by atoms with Crippen molar-refractivity contribution in [2.75, 3.05) is 13.2 Å². The number of ether oxygens (including phenoxy) is 2.